The fraction of sp³-hybridized carbons (Fsp3) is 0. The molecule has 0 unspecified atom stereocenters. The molecule has 0 aromatic heterocycles. The van der Waals surface area contributed by atoms with E-state index < -0.39 is 5.97 Å². The Labute approximate surface area is 120 Å². The summed E-state index contributed by atoms with van der Waals surface area (Å²) in [4.78, 5) is 10.8. The van der Waals surface area contributed by atoms with Gasteiger partial charge in [-0.3, -0.25) is 0 Å². The second-order valence-electron chi connectivity index (χ2n) is 4.01. The third-order valence-corrected chi connectivity index (χ3v) is 2.98. The maximum atomic E-state index is 10.8. The summed E-state index contributed by atoms with van der Waals surface area (Å²) in [7, 11) is 0. The zero-order chi connectivity index (χ0) is 11.8. The molecule has 0 spiro atoms. The molecule has 3 heteroatoms. The van der Waals surface area contributed by atoms with Crippen LogP contribution in [0.4, 0.5) is 0 Å². The fourth-order valence-electron chi connectivity index (χ4n) is 2.14. The van der Waals surface area contributed by atoms with Crippen molar-refractivity contribution < 1.29 is 32.3 Å². The van der Waals surface area contributed by atoms with E-state index in [1.54, 1.807) is 12.1 Å². The Bertz CT molecular complexity index is 735. The van der Waals surface area contributed by atoms with Crippen LogP contribution in [-0.2, 0) is 22.4 Å². The van der Waals surface area contributed by atoms with Crippen LogP contribution in [0.5, 0.6) is 0 Å². The zero-order valence-electron chi connectivity index (χ0n) is 9.31. The van der Waals surface area contributed by atoms with Crippen LogP contribution < -0.4 is 5.11 Å². The molecule has 0 bridgehead atoms. The standard InChI is InChI=1S/C15H10O2.Ag/c16-15(17)12-7-8-14-11(9-12)6-5-10-3-1-2-4-13(10)14;/h1-9H,(H,16,17);/q;+1/p-1. The van der Waals surface area contributed by atoms with Crippen LogP contribution in [0.15, 0.2) is 54.6 Å². The van der Waals surface area contributed by atoms with E-state index >= 15 is 0 Å². The van der Waals surface area contributed by atoms with Gasteiger partial charge in [0.1, 0.15) is 0 Å². The molecular weight excluding hydrogens is 320 g/mol. The van der Waals surface area contributed by atoms with Gasteiger partial charge >= 0.3 is 22.4 Å². The Morgan fingerprint density at radius 2 is 1.50 bits per heavy atom. The van der Waals surface area contributed by atoms with E-state index in [1.165, 1.54) is 0 Å². The van der Waals surface area contributed by atoms with Gasteiger partial charge in [0.25, 0.3) is 0 Å². The normalized spacial score (nSPS) is 10.2. The molecule has 0 fully saturated rings. The molecule has 3 rings (SSSR count). The summed E-state index contributed by atoms with van der Waals surface area (Å²) in [5.41, 5.74) is 0.216. The third-order valence-electron chi connectivity index (χ3n) is 2.98. The van der Waals surface area contributed by atoms with Crippen LogP contribution >= 0.6 is 0 Å². The van der Waals surface area contributed by atoms with Crippen molar-refractivity contribution in [3.63, 3.8) is 0 Å². The number of carbonyl (C=O) groups is 1. The molecule has 3 aromatic rings. The topological polar surface area (TPSA) is 40.1 Å². The molecular formula is C15H9AgO2. The first kappa shape index (κ1) is 12.8. The number of aromatic carboxylic acids is 1. The number of fused-ring (bicyclic) bond motifs is 3. The van der Waals surface area contributed by atoms with Crippen LogP contribution in [0.2, 0.25) is 0 Å². The van der Waals surface area contributed by atoms with E-state index in [2.05, 4.69) is 0 Å². The molecule has 0 aliphatic rings. The molecule has 0 saturated carbocycles. The predicted octanol–water partition coefficient (Wildman–Crippen LogP) is 2.35. The first-order chi connectivity index (χ1) is 8.25. The van der Waals surface area contributed by atoms with Gasteiger partial charge in [-0.1, -0.05) is 48.5 Å². The van der Waals surface area contributed by atoms with E-state index in [4.69, 9.17) is 0 Å². The van der Waals surface area contributed by atoms with Gasteiger partial charge in [0, 0.05) is 0 Å². The third kappa shape index (κ3) is 2.06. The molecule has 2 nitrogen and oxygen atoms in total. The van der Waals surface area contributed by atoms with Crippen LogP contribution in [0.1, 0.15) is 10.4 Å². The number of rotatable bonds is 1. The Balaban J connectivity index is 0.00000120. The Morgan fingerprint density at radius 3 is 2.28 bits per heavy atom. The molecule has 3 aromatic carbocycles. The van der Waals surface area contributed by atoms with Gasteiger partial charge < -0.3 is 9.90 Å². The van der Waals surface area contributed by atoms with Gasteiger partial charge in [-0.2, -0.15) is 0 Å². The van der Waals surface area contributed by atoms with Crippen molar-refractivity contribution in [3.05, 3.63) is 60.2 Å². The monoisotopic (exact) mass is 328 g/mol. The summed E-state index contributed by atoms with van der Waals surface area (Å²) >= 11 is 0. The second kappa shape index (κ2) is 4.94. The van der Waals surface area contributed by atoms with Gasteiger partial charge in [0.05, 0.1) is 5.97 Å². The van der Waals surface area contributed by atoms with Crippen molar-refractivity contribution in [2.24, 2.45) is 0 Å². The second-order valence-corrected chi connectivity index (χ2v) is 4.01. The van der Waals surface area contributed by atoms with Crippen LogP contribution in [0, 0.1) is 0 Å². The van der Waals surface area contributed by atoms with E-state index in [1.807, 2.05) is 42.5 Å². The van der Waals surface area contributed by atoms with Crippen molar-refractivity contribution in [2.75, 3.05) is 0 Å². The van der Waals surface area contributed by atoms with Gasteiger partial charge in [0.15, 0.2) is 0 Å². The maximum Gasteiger partial charge on any atom is 1.00 e. The van der Waals surface area contributed by atoms with Crippen molar-refractivity contribution in [2.45, 2.75) is 0 Å². The first-order valence-electron chi connectivity index (χ1n) is 5.38. The fourth-order valence-corrected chi connectivity index (χ4v) is 2.14. The number of hydrogen-bond acceptors (Lipinski definition) is 2. The summed E-state index contributed by atoms with van der Waals surface area (Å²) in [6.07, 6.45) is 0. The average molecular weight is 329 g/mol. The molecule has 0 radical (unpaired) electrons. The summed E-state index contributed by atoms with van der Waals surface area (Å²) in [5, 5.41) is 15.1. The quantitative estimate of drug-likeness (QED) is 0.508. The number of carboxylic acid groups (broad SMARTS) is 1. The van der Waals surface area contributed by atoms with Crippen LogP contribution in [0.3, 0.4) is 0 Å². The summed E-state index contributed by atoms with van der Waals surface area (Å²) < 4.78 is 0. The molecule has 0 amide bonds. The smallest absolute Gasteiger partial charge is 0.545 e. The van der Waals surface area contributed by atoms with Gasteiger partial charge in [0.2, 0.25) is 0 Å². The molecule has 0 N–H and O–H groups in total. The zero-order valence-corrected chi connectivity index (χ0v) is 10.8. The Kier molecular flexibility index (Phi) is 3.53. The van der Waals surface area contributed by atoms with E-state index in [0.29, 0.717) is 0 Å². The van der Waals surface area contributed by atoms with Crippen LogP contribution in [-0.4, -0.2) is 5.97 Å². The van der Waals surface area contributed by atoms with Crippen molar-refractivity contribution in [1.29, 1.82) is 0 Å². The summed E-state index contributed by atoms with van der Waals surface area (Å²) in [6.45, 7) is 0. The Morgan fingerprint density at radius 1 is 0.833 bits per heavy atom. The molecule has 0 heterocycles. The largest absolute Gasteiger partial charge is 1.00 e. The first-order valence-corrected chi connectivity index (χ1v) is 5.38. The number of hydrogen-bond donors (Lipinski definition) is 0. The van der Waals surface area contributed by atoms with E-state index in [9.17, 15) is 9.90 Å². The predicted molar refractivity (Wildman–Crippen MR) is 65.8 cm³/mol. The van der Waals surface area contributed by atoms with E-state index in [0.717, 1.165) is 21.5 Å². The minimum Gasteiger partial charge on any atom is -0.545 e. The molecule has 92 valence electrons. The van der Waals surface area contributed by atoms with Gasteiger partial charge in [-0.05, 0) is 33.2 Å². The summed E-state index contributed by atoms with van der Waals surface area (Å²) in [6, 6.07) is 17.1. The number of carbonyl (C=O) groups excluding carboxylic acids is 1. The van der Waals surface area contributed by atoms with Crippen molar-refractivity contribution in [1.82, 2.24) is 0 Å². The van der Waals surface area contributed by atoms with Crippen LogP contribution in [0.25, 0.3) is 21.5 Å². The number of carboxylic acids is 1. The minimum atomic E-state index is -1.14. The molecule has 0 aliphatic carbocycles. The molecule has 18 heavy (non-hydrogen) atoms. The van der Waals surface area contributed by atoms with Crippen molar-refractivity contribution >= 4 is 27.5 Å². The van der Waals surface area contributed by atoms with Gasteiger partial charge in [-0.25, -0.2) is 0 Å². The van der Waals surface area contributed by atoms with Gasteiger partial charge in [-0.15, -0.1) is 0 Å². The summed E-state index contributed by atoms with van der Waals surface area (Å²) in [5.74, 6) is -1.14. The molecule has 0 atom stereocenters. The van der Waals surface area contributed by atoms with E-state index in [-0.39, 0.29) is 27.9 Å². The Hall–Kier alpha value is -1.61. The minimum absolute atomic E-state index is 0. The average Bonchev–Trinajstić information content (AvgIpc) is 2.38. The van der Waals surface area contributed by atoms with Crippen molar-refractivity contribution in [3.8, 4) is 0 Å². The number of benzene rings is 3. The SMILES string of the molecule is O=C([O-])c1ccc2c(ccc3ccccc32)c1.[Ag+]. The maximum absolute atomic E-state index is 10.8. The molecule has 0 aliphatic heterocycles. The molecule has 0 saturated heterocycles.